The van der Waals surface area contributed by atoms with E-state index in [1.807, 2.05) is 19.1 Å². The Labute approximate surface area is 124 Å². The maximum absolute atomic E-state index is 12.4. The third kappa shape index (κ3) is 2.53. The summed E-state index contributed by atoms with van der Waals surface area (Å²) in [4.78, 5) is 27.7. The van der Waals surface area contributed by atoms with Crippen LogP contribution in [-0.2, 0) is 11.2 Å². The third-order valence-corrected chi connectivity index (χ3v) is 4.28. The number of aliphatic hydroxyl groups excluding tert-OH is 1. The molecule has 5 heteroatoms. The van der Waals surface area contributed by atoms with Gasteiger partial charge in [0, 0.05) is 37.3 Å². The molecule has 112 valence electrons. The number of hydrogen-bond acceptors (Lipinski definition) is 3. The lowest BCUT2D eigenvalue weighted by Gasteiger charge is -2.18. The van der Waals surface area contributed by atoms with Crippen molar-refractivity contribution < 1.29 is 14.7 Å². The van der Waals surface area contributed by atoms with E-state index in [1.165, 1.54) is 0 Å². The second-order valence-electron chi connectivity index (χ2n) is 5.69. The highest BCUT2D eigenvalue weighted by Gasteiger charge is 2.28. The standard InChI is InChI=1S/C16H20N2O3/c1-2-15(20)18-8-5-11-9-12(3-4-14(11)18)16(21)17-7-6-13(19)10-17/h3-4,9,13,19H,2,5-8,10H2,1H3/t13-/m1/s1. The van der Waals surface area contributed by atoms with E-state index in [0.717, 1.165) is 17.7 Å². The van der Waals surface area contributed by atoms with Crippen LogP contribution in [0.5, 0.6) is 0 Å². The molecule has 1 aromatic carbocycles. The smallest absolute Gasteiger partial charge is 0.253 e. The van der Waals surface area contributed by atoms with Crippen molar-refractivity contribution in [2.45, 2.75) is 32.3 Å². The summed E-state index contributed by atoms with van der Waals surface area (Å²) in [6, 6.07) is 5.55. The first kappa shape index (κ1) is 14.1. The molecule has 0 unspecified atom stereocenters. The number of amides is 2. The number of carbonyl (C=O) groups excluding carboxylic acids is 2. The van der Waals surface area contributed by atoms with Gasteiger partial charge in [0.05, 0.1) is 6.10 Å². The van der Waals surface area contributed by atoms with Crippen LogP contribution >= 0.6 is 0 Å². The first-order chi connectivity index (χ1) is 10.1. The Kier molecular flexibility index (Phi) is 3.68. The first-order valence-electron chi connectivity index (χ1n) is 7.50. The van der Waals surface area contributed by atoms with Crippen molar-refractivity contribution in [1.82, 2.24) is 4.90 Å². The number of likely N-dealkylation sites (tertiary alicyclic amines) is 1. The van der Waals surface area contributed by atoms with E-state index in [2.05, 4.69) is 0 Å². The molecule has 2 heterocycles. The van der Waals surface area contributed by atoms with Gasteiger partial charge in [-0.15, -0.1) is 0 Å². The fourth-order valence-corrected chi connectivity index (χ4v) is 3.09. The van der Waals surface area contributed by atoms with Crippen LogP contribution in [-0.4, -0.2) is 47.6 Å². The Hall–Kier alpha value is -1.88. The van der Waals surface area contributed by atoms with E-state index in [-0.39, 0.29) is 11.8 Å². The lowest BCUT2D eigenvalue weighted by molar-refractivity contribution is -0.118. The minimum atomic E-state index is -0.402. The second kappa shape index (κ2) is 5.48. The zero-order valence-corrected chi connectivity index (χ0v) is 12.2. The molecule has 1 N–H and O–H groups in total. The van der Waals surface area contributed by atoms with Crippen LogP contribution < -0.4 is 4.90 Å². The molecule has 3 rings (SSSR count). The number of hydrogen-bond donors (Lipinski definition) is 1. The van der Waals surface area contributed by atoms with Gasteiger partial charge in [-0.05, 0) is 36.6 Å². The molecule has 0 spiro atoms. The Morgan fingerprint density at radius 3 is 2.81 bits per heavy atom. The van der Waals surface area contributed by atoms with Crippen LogP contribution in [0, 0.1) is 0 Å². The summed E-state index contributed by atoms with van der Waals surface area (Å²) < 4.78 is 0. The van der Waals surface area contributed by atoms with Crippen molar-refractivity contribution in [1.29, 1.82) is 0 Å². The van der Waals surface area contributed by atoms with Crippen molar-refractivity contribution in [2.24, 2.45) is 0 Å². The number of aliphatic hydroxyl groups is 1. The van der Waals surface area contributed by atoms with Gasteiger partial charge in [-0.1, -0.05) is 6.92 Å². The third-order valence-electron chi connectivity index (χ3n) is 4.28. The van der Waals surface area contributed by atoms with Gasteiger partial charge in [-0.3, -0.25) is 9.59 Å². The average molecular weight is 288 g/mol. The number of benzene rings is 1. The molecular formula is C16H20N2O3. The van der Waals surface area contributed by atoms with Gasteiger partial charge in [-0.2, -0.15) is 0 Å². The van der Waals surface area contributed by atoms with Crippen LogP contribution in [0.4, 0.5) is 5.69 Å². The number of anilines is 1. The fraction of sp³-hybridized carbons (Fsp3) is 0.500. The van der Waals surface area contributed by atoms with Crippen molar-refractivity contribution in [3.05, 3.63) is 29.3 Å². The van der Waals surface area contributed by atoms with Crippen molar-refractivity contribution in [3.63, 3.8) is 0 Å². The summed E-state index contributed by atoms with van der Waals surface area (Å²) in [6.45, 7) is 3.58. The average Bonchev–Trinajstić information content (AvgIpc) is 3.11. The number of fused-ring (bicyclic) bond motifs is 1. The Bertz CT molecular complexity index is 585. The summed E-state index contributed by atoms with van der Waals surface area (Å²) >= 11 is 0. The lowest BCUT2D eigenvalue weighted by atomic mass is 10.1. The first-order valence-corrected chi connectivity index (χ1v) is 7.50. The van der Waals surface area contributed by atoms with E-state index in [9.17, 15) is 14.7 Å². The van der Waals surface area contributed by atoms with Crippen molar-refractivity contribution >= 4 is 17.5 Å². The highest BCUT2D eigenvalue weighted by molar-refractivity contribution is 5.98. The van der Waals surface area contributed by atoms with E-state index >= 15 is 0 Å². The summed E-state index contributed by atoms with van der Waals surface area (Å²) in [7, 11) is 0. The van der Waals surface area contributed by atoms with E-state index in [0.29, 0.717) is 38.0 Å². The van der Waals surface area contributed by atoms with Crippen molar-refractivity contribution in [3.8, 4) is 0 Å². The minimum Gasteiger partial charge on any atom is -0.391 e. The summed E-state index contributed by atoms with van der Waals surface area (Å²) in [5.74, 6) is 0.0881. The fourth-order valence-electron chi connectivity index (χ4n) is 3.09. The number of nitrogens with zero attached hydrogens (tertiary/aromatic N) is 2. The van der Waals surface area contributed by atoms with E-state index in [1.54, 1.807) is 15.9 Å². The summed E-state index contributed by atoms with van der Waals surface area (Å²) in [5, 5.41) is 9.54. The summed E-state index contributed by atoms with van der Waals surface area (Å²) in [5.41, 5.74) is 2.64. The van der Waals surface area contributed by atoms with Gasteiger partial charge >= 0.3 is 0 Å². The normalized spacial score (nSPS) is 20.8. The molecule has 0 radical (unpaired) electrons. The molecule has 1 aromatic rings. The van der Waals surface area contributed by atoms with Crippen LogP contribution in [0.3, 0.4) is 0 Å². The van der Waals surface area contributed by atoms with E-state index in [4.69, 9.17) is 0 Å². The monoisotopic (exact) mass is 288 g/mol. The highest BCUT2D eigenvalue weighted by Crippen LogP contribution is 2.30. The van der Waals surface area contributed by atoms with Crippen molar-refractivity contribution in [2.75, 3.05) is 24.5 Å². The molecule has 21 heavy (non-hydrogen) atoms. The molecule has 0 aliphatic carbocycles. The van der Waals surface area contributed by atoms with Crippen LogP contribution in [0.1, 0.15) is 35.7 Å². The topological polar surface area (TPSA) is 60.9 Å². The molecule has 0 saturated carbocycles. The number of rotatable bonds is 2. The summed E-state index contributed by atoms with van der Waals surface area (Å²) in [6.07, 6.45) is 1.53. The van der Waals surface area contributed by atoms with Crippen LogP contribution in [0.2, 0.25) is 0 Å². The van der Waals surface area contributed by atoms with Crippen LogP contribution in [0.25, 0.3) is 0 Å². The van der Waals surface area contributed by atoms with Gasteiger partial charge in [0.25, 0.3) is 5.91 Å². The van der Waals surface area contributed by atoms with Gasteiger partial charge in [0.1, 0.15) is 0 Å². The van der Waals surface area contributed by atoms with Gasteiger partial charge in [-0.25, -0.2) is 0 Å². The van der Waals surface area contributed by atoms with Gasteiger partial charge < -0.3 is 14.9 Å². The molecule has 1 atom stereocenters. The Balaban J connectivity index is 1.81. The quantitative estimate of drug-likeness (QED) is 0.889. The number of β-amino-alcohol motifs (C(OH)–C–C–N with tert-alkyl or cyclic N) is 1. The largest absolute Gasteiger partial charge is 0.391 e. The molecule has 1 fully saturated rings. The predicted molar refractivity (Wildman–Crippen MR) is 79.3 cm³/mol. The second-order valence-corrected chi connectivity index (χ2v) is 5.69. The maximum atomic E-state index is 12.4. The van der Waals surface area contributed by atoms with Crippen LogP contribution in [0.15, 0.2) is 18.2 Å². The SMILES string of the molecule is CCC(=O)N1CCc2cc(C(=O)N3CC[C@@H](O)C3)ccc21. The molecular weight excluding hydrogens is 268 g/mol. The zero-order chi connectivity index (χ0) is 15.0. The van der Waals surface area contributed by atoms with E-state index < -0.39 is 6.10 Å². The molecule has 0 aromatic heterocycles. The molecule has 2 aliphatic heterocycles. The molecule has 5 nitrogen and oxygen atoms in total. The Morgan fingerprint density at radius 2 is 2.14 bits per heavy atom. The molecule has 0 bridgehead atoms. The maximum Gasteiger partial charge on any atom is 0.253 e. The zero-order valence-electron chi connectivity index (χ0n) is 12.2. The predicted octanol–water partition coefficient (Wildman–Crippen LogP) is 1.19. The highest BCUT2D eigenvalue weighted by atomic mass is 16.3. The Morgan fingerprint density at radius 1 is 1.33 bits per heavy atom. The minimum absolute atomic E-state index is 0.0328. The molecule has 2 amide bonds. The van der Waals surface area contributed by atoms with Gasteiger partial charge in [0.2, 0.25) is 5.91 Å². The lowest BCUT2D eigenvalue weighted by Crippen LogP contribution is -2.29. The number of carbonyl (C=O) groups is 2. The van der Waals surface area contributed by atoms with Gasteiger partial charge in [0.15, 0.2) is 0 Å². The molecule has 2 aliphatic rings. The molecule has 1 saturated heterocycles.